The number of phenolic OH excluding ortho intramolecular Hbond substituents is 1. The van der Waals surface area contributed by atoms with Crippen molar-refractivity contribution in [1.82, 2.24) is 0 Å². The van der Waals surface area contributed by atoms with E-state index in [1.807, 2.05) is 6.08 Å². The Morgan fingerprint density at radius 1 is 1.11 bits per heavy atom. The maximum Gasteiger partial charge on any atom is 0.339 e. The van der Waals surface area contributed by atoms with E-state index in [0.29, 0.717) is 35.3 Å². The number of esters is 1. The summed E-state index contributed by atoms with van der Waals surface area (Å²) in [7, 11) is 0. The van der Waals surface area contributed by atoms with Crippen LogP contribution in [0.4, 0.5) is 8.78 Å². The Bertz CT molecular complexity index is 1630. The van der Waals surface area contributed by atoms with Crippen LogP contribution in [0, 0.1) is 22.7 Å². The number of carbonyl (C=O) groups is 3. The lowest BCUT2D eigenvalue weighted by Crippen LogP contribution is -2.69. The second-order valence-electron chi connectivity index (χ2n) is 12.8. The van der Waals surface area contributed by atoms with E-state index in [1.165, 1.54) is 42.5 Å². The number of aliphatic hydroxyl groups excluding tert-OH is 1. The van der Waals surface area contributed by atoms with Gasteiger partial charge in [0.2, 0.25) is 5.12 Å². The lowest BCUT2D eigenvalue weighted by molar-refractivity contribution is -0.209. The number of thioether (sulfide) groups is 1. The average molecular weight is 659 g/mol. The molecule has 0 saturated heterocycles. The molecular weight excluding hydrogens is 626 g/mol. The van der Waals surface area contributed by atoms with Gasteiger partial charge in [0, 0.05) is 29.2 Å². The topological polar surface area (TPSA) is 110 Å². The molecule has 0 bridgehead atoms. The second-order valence-corrected chi connectivity index (χ2v) is 14.1. The van der Waals surface area contributed by atoms with Crippen LogP contribution in [0.25, 0.3) is 0 Å². The predicted molar refractivity (Wildman–Crippen MR) is 165 cm³/mol. The number of ether oxygens (including phenoxy) is 2. The van der Waals surface area contributed by atoms with E-state index in [1.54, 1.807) is 26.0 Å². The van der Waals surface area contributed by atoms with E-state index < -0.39 is 57.1 Å². The van der Waals surface area contributed by atoms with Gasteiger partial charge in [-0.15, -0.1) is 0 Å². The number of aliphatic hydroxyl groups is 1. The summed E-state index contributed by atoms with van der Waals surface area (Å²) in [6.45, 7) is 3.44. The third kappa shape index (κ3) is 4.74. The van der Waals surface area contributed by atoms with Gasteiger partial charge in [0.1, 0.15) is 23.3 Å². The van der Waals surface area contributed by atoms with Gasteiger partial charge >= 0.3 is 5.97 Å². The fraction of sp³-hybridized carbons (Fsp3) is 0.441. The van der Waals surface area contributed by atoms with Crippen LogP contribution in [0.3, 0.4) is 0 Å². The standard InChI is InChI=1S/C34H33ClF2O7S/c1-31-13-11-21(38)15-20(31)5-9-25-24-12-14-33(30(42)45-18-36,32(24,2)17-28(40)34(25,31)37)44-29(41)19-3-6-22(7-4-19)43-23-8-10-26(35)27(39)16-23/h3-8,10-11,13,16,24-25,28,39-40H,9,12,14-15,17-18H2,1-2H3/t24-,25-,28-,31-,32-,33-,34-/m0/s1. The summed E-state index contributed by atoms with van der Waals surface area (Å²) in [5.74, 6) is -1.63. The predicted octanol–water partition coefficient (Wildman–Crippen LogP) is 7.29. The van der Waals surface area contributed by atoms with E-state index in [9.17, 15) is 29.0 Å². The van der Waals surface area contributed by atoms with Crippen molar-refractivity contribution in [2.45, 2.75) is 63.3 Å². The highest BCUT2D eigenvalue weighted by Gasteiger charge is 2.75. The first-order chi connectivity index (χ1) is 21.3. The number of allylic oxidation sites excluding steroid dienone is 4. The zero-order valence-corrected chi connectivity index (χ0v) is 26.3. The van der Waals surface area contributed by atoms with E-state index in [2.05, 4.69) is 0 Å². The largest absolute Gasteiger partial charge is 0.506 e. The summed E-state index contributed by atoms with van der Waals surface area (Å²) in [5, 5.41) is 21.0. The van der Waals surface area contributed by atoms with Crippen LogP contribution >= 0.6 is 23.4 Å². The molecule has 11 heteroatoms. The quantitative estimate of drug-likeness (QED) is 0.246. The molecule has 7 atom stereocenters. The number of benzene rings is 2. The highest BCUT2D eigenvalue weighted by atomic mass is 35.5. The van der Waals surface area contributed by atoms with E-state index >= 15 is 4.39 Å². The molecule has 45 heavy (non-hydrogen) atoms. The Labute approximate surface area is 268 Å². The Morgan fingerprint density at radius 2 is 1.82 bits per heavy atom. The fourth-order valence-corrected chi connectivity index (χ4v) is 9.21. The van der Waals surface area contributed by atoms with Crippen molar-refractivity contribution in [3.8, 4) is 17.2 Å². The van der Waals surface area contributed by atoms with Crippen molar-refractivity contribution in [3.05, 3.63) is 76.9 Å². The maximum absolute atomic E-state index is 17.5. The third-order valence-electron chi connectivity index (χ3n) is 10.8. The number of carbonyl (C=O) groups excluding carboxylic acids is 3. The number of hydrogen-bond acceptors (Lipinski definition) is 8. The number of ketones is 1. The van der Waals surface area contributed by atoms with Crippen LogP contribution in [0.15, 0.2) is 66.3 Å². The van der Waals surface area contributed by atoms with Gasteiger partial charge in [-0.25, -0.2) is 13.6 Å². The molecule has 7 nitrogen and oxygen atoms in total. The molecule has 0 amide bonds. The lowest BCUT2D eigenvalue weighted by Gasteiger charge is -2.62. The Morgan fingerprint density at radius 3 is 2.51 bits per heavy atom. The lowest BCUT2D eigenvalue weighted by atomic mass is 9.45. The van der Waals surface area contributed by atoms with Gasteiger partial charge in [-0.2, -0.15) is 0 Å². The molecule has 4 aliphatic carbocycles. The van der Waals surface area contributed by atoms with Crippen LogP contribution in [-0.2, 0) is 14.3 Å². The van der Waals surface area contributed by atoms with Gasteiger partial charge in [-0.1, -0.05) is 36.2 Å². The molecule has 0 heterocycles. The van der Waals surface area contributed by atoms with Crippen molar-refractivity contribution in [2.75, 3.05) is 6.01 Å². The molecule has 0 unspecified atom stereocenters. The summed E-state index contributed by atoms with van der Waals surface area (Å²) < 4.78 is 42.9. The number of aromatic hydroxyl groups is 1. The highest BCUT2D eigenvalue weighted by Crippen LogP contribution is 2.70. The molecule has 6 rings (SSSR count). The smallest absolute Gasteiger partial charge is 0.339 e. The summed E-state index contributed by atoms with van der Waals surface area (Å²) in [6, 6.07) is 9.30. The number of alkyl halides is 2. The molecule has 0 aromatic heterocycles. The summed E-state index contributed by atoms with van der Waals surface area (Å²) in [6.07, 6.45) is 3.78. The van der Waals surface area contributed by atoms with Crippen LogP contribution in [0.5, 0.6) is 17.2 Å². The number of rotatable bonds is 6. The summed E-state index contributed by atoms with van der Waals surface area (Å²) in [4.78, 5) is 39.5. The minimum absolute atomic E-state index is 0.0495. The number of fused-ring (bicyclic) bond motifs is 5. The van der Waals surface area contributed by atoms with Crippen LogP contribution in [0.1, 0.15) is 56.3 Å². The molecule has 2 aromatic rings. The Balaban J connectivity index is 1.30. The zero-order valence-electron chi connectivity index (χ0n) is 24.7. The molecule has 0 radical (unpaired) electrons. The van der Waals surface area contributed by atoms with Crippen LogP contribution in [0.2, 0.25) is 5.02 Å². The molecule has 0 spiro atoms. The normalized spacial score (nSPS) is 35.1. The molecular formula is C34H33ClF2O7S. The minimum Gasteiger partial charge on any atom is -0.506 e. The fourth-order valence-electron chi connectivity index (χ4n) is 8.38. The minimum atomic E-state index is -2.12. The van der Waals surface area contributed by atoms with Crippen LogP contribution < -0.4 is 4.74 Å². The number of halogens is 3. The SMILES string of the molecule is C[C@]12C=CC(=O)CC1=CC[C@H]1[C@@H]3CC[C@](OC(=O)c4ccc(Oc5ccc(Cl)c(O)c5)cc4)(C(=O)SCF)[C@@]3(C)C[C@H](O)[C@@]12F. The summed E-state index contributed by atoms with van der Waals surface area (Å²) in [5.41, 5.74) is -5.60. The van der Waals surface area contributed by atoms with Gasteiger partial charge in [-0.3, -0.25) is 9.59 Å². The number of hydrogen-bond donors (Lipinski definition) is 2. The third-order valence-corrected chi connectivity index (χ3v) is 11.8. The first-order valence-corrected chi connectivity index (χ1v) is 16.2. The molecule has 4 aliphatic rings. The zero-order chi connectivity index (χ0) is 32.4. The van der Waals surface area contributed by atoms with Crippen molar-refractivity contribution in [3.63, 3.8) is 0 Å². The van der Waals surface area contributed by atoms with Crippen molar-refractivity contribution in [2.24, 2.45) is 22.7 Å². The van der Waals surface area contributed by atoms with Gasteiger partial charge < -0.3 is 19.7 Å². The van der Waals surface area contributed by atoms with Gasteiger partial charge in [-0.05, 0) is 92.8 Å². The van der Waals surface area contributed by atoms with Crippen molar-refractivity contribution >= 4 is 40.2 Å². The number of phenols is 1. The van der Waals surface area contributed by atoms with Crippen molar-refractivity contribution < 1.29 is 42.9 Å². The molecule has 2 N–H and O–H groups in total. The van der Waals surface area contributed by atoms with E-state index in [-0.39, 0.29) is 47.8 Å². The highest BCUT2D eigenvalue weighted by molar-refractivity contribution is 8.13. The first kappa shape index (κ1) is 31.8. The molecule has 238 valence electrons. The molecule has 2 saturated carbocycles. The van der Waals surface area contributed by atoms with Gasteiger partial charge in [0.05, 0.1) is 16.7 Å². The molecule has 2 fully saturated rings. The van der Waals surface area contributed by atoms with Crippen LogP contribution in [-0.4, -0.2) is 50.5 Å². The first-order valence-electron chi connectivity index (χ1n) is 14.8. The molecule has 2 aromatic carbocycles. The average Bonchev–Trinajstić information content (AvgIpc) is 3.28. The molecule has 0 aliphatic heterocycles. The maximum atomic E-state index is 17.5. The second kappa shape index (κ2) is 11.2. The monoisotopic (exact) mass is 658 g/mol. The van der Waals surface area contributed by atoms with E-state index in [0.717, 1.165) is 0 Å². The van der Waals surface area contributed by atoms with Crippen molar-refractivity contribution in [1.29, 1.82) is 0 Å². The Kier molecular flexibility index (Phi) is 7.93. The summed E-state index contributed by atoms with van der Waals surface area (Å²) >= 11 is 6.25. The van der Waals surface area contributed by atoms with Gasteiger partial charge in [0.15, 0.2) is 17.1 Å². The van der Waals surface area contributed by atoms with E-state index in [4.69, 9.17) is 21.1 Å². The Hall–Kier alpha value is -3.21. The van der Waals surface area contributed by atoms with Gasteiger partial charge in [0.25, 0.3) is 0 Å².